The molecule has 0 aliphatic carbocycles. The largest absolute Gasteiger partial charge is 0.467 e. The van der Waals surface area contributed by atoms with Crippen LogP contribution >= 0.6 is 0 Å². The number of carbonyl (C=O) groups excluding carboxylic acids is 4. The molecule has 144 valence electrons. The molecule has 0 aromatic carbocycles. The fourth-order valence-electron chi connectivity index (χ4n) is 2.26. The summed E-state index contributed by atoms with van der Waals surface area (Å²) in [5, 5.41) is 5.08. The monoisotopic (exact) mass is 357 g/mol. The number of nitrogens with one attached hydrogen (secondary N) is 2. The SMILES string of the molecule is CCCCCCCC(=O)N[C@H](CCC(N)=O)C(=O)N[C@@H](C)C(=O)OC. The highest BCUT2D eigenvalue weighted by molar-refractivity contribution is 5.91. The van der Waals surface area contributed by atoms with E-state index >= 15 is 0 Å². The van der Waals surface area contributed by atoms with E-state index in [0.717, 1.165) is 32.1 Å². The van der Waals surface area contributed by atoms with Crippen LogP contribution in [-0.2, 0) is 23.9 Å². The lowest BCUT2D eigenvalue weighted by atomic mass is 10.1. The van der Waals surface area contributed by atoms with E-state index in [1.807, 2.05) is 0 Å². The normalized spacial score (nSPS) is 12.8. The van der Waals surface area contributed by atoms with Gasteiger partial charge in [-0.25, -0.2) is 4.79 Å². The van der Waals surface area contributed by atoms with Gasteiger partial charge in [0.1, 0.15) is 12.1 Å². The van der Waals surface area contributed by atoms with Crippen LogP contribution in [-0.4, -0.2) is 42.9 Å². The van der Waals surface area contributed by atoms with Gasteiger partial charge in [-0.2, -0.15) is 0 Å². The Balaban J connectivity index is 4.54. The van der Waals surface area contributed by atoms with Crippen molar-refractivity contribution < 1.29 is 23.9 Å². The number of nitrogens with two attached hydrogens (primary N) is 1. The van der Waals surface area contributed by atoms with E-state index in [1.165, 1.54) is 14.0 Å². The van der Waals surface area contributed by atoms with Crippen LogP contribution in [0.15, 0.2) is 0 Å². The van der Waals surface area contributed by atoms with Crippen molar-refractivity contribution in [1.29, 1.82) is 0 Å². The van der Waals surface area contributed by atoms with Crippen molar-refractivity contribution >= 4 is 23.7 Å². The second-order valence-corrected chi connectivity index (χ2v) is 6.04. The first-order chi connectivity index (χ1) is 11.8. The van der Waals surface area contributed by atoms with E-state index in [4.69, 9.17) is 5.73 Å². The van der Waals surface area contributed by atoms with Gasteiger partial charge in [-0.3, -0.25) is 14.4 Å². The predicted octanol–water partition coefficient (Wildman–Crippen LogP) is 0.775. The van der Waals surface area contributed by atoms with E-state index in [2.05, 4.69) is 22.3 Å². The molecule has 3 amide bonds. The maximum absolute atomic E-state index is 12.3. The van der Waals surface area contributed by atoms with Crippen LogP contribution in [0.25, 0.3) is 0 Å². The van der Waals surface area contributed by atoms with Gasteiger partial charge in [-0.1, -0.05) is 32.6 Å². The summed E-state index contributed by atoms with van der Waals surface area (Å²) in [6, 6.07) is -1.76. The second-order valence-electron chi connectivity index (χ2n) is 6.04. The van der Waals surface area contributed by atoms with Gasteiger partial charge in [-0.05, 0) is 19.8 Å². The molecule has 0 spiro atoms. The average Bonchev–Trinajstić information content (AvgIpc) is 2.57. The van der Waals surface area contributed by atoms with Crippen LogP contribution in [0, 0.1) is 0 Å². The molecular weight excluding hydrogens is 326 g/mol. The number of amides is 3. The zero-order valence-electron chi connectivity index (χ0n) is 15.4. The molecule has 0 aliphatic heterocycles. The van der Waals surface area contributed by atoms with Crippen molar-refractivity contribution in [3.8, 4) is 0 Å². The molecule has 2 atom stereocenters. The summed E-state index contributed by atoms with van der Waals surface area (Å²) in [6.45, 7) is 3.59. The van der Waals surface area contributed by atoms with Crippen LogP contribution in [0.2, 0.25) is 0 Å². The molecule has 8 heteroatoms. The van der Waals surface area contributed by atoms with E-state index in [9.17, 15) is 19.2 Å². The highest BCUT2D eigenvalue weighted by atomic mass is 16.5. The third-order valence-corrected chi connectivity index (χ3v) is 3.75. The summed E-state index contributed by atoms with van der Waals surface area (Å²) >= 11 is 0. The maximum atomic E-state index is 12.3. The Morgan fingerprint density at radius 2 is 1.64 bits per heavy atom. The lowest BCUT2D eigenvalue weighted by Crippen LogP contribution is -2.51. The van der Waals surface area contributed by atoms with Gasteiger partial charge in [0.15, 0.2) is 0 Å². The van der Waals surface area contributed by atoms with Crippen molar-refractivity contribution in [2.45, 2.75) is 77.3 Å². The van der Waals surface area contributed by atoms with Crippen LogP contribution in [0.5, 0.6) is 0 Å². The minimum Gasteiger partial charge on any atom is -0.467 e. The Kier molecular flexibility index (Phi) is 12.1. The molecule has 8 nitrogen and oxygen atoms in total. The van der Waals surface area contributed by atoms with Gasteiger partial charge in [0.05, 0.1) is 7.11 Å². The number of ether oxygens (including phenoxy) is 1. The third-order valence-electron chi connectivity index (χ3n) is 3.75. The quantitative estimate of drug-likeness (QED) is 0.331. The Morgan fingerprint density at radius 1 is 1.00 bits per heavy atom. The zero-order valence-corrected chi connectivity index (χ0v) is 15.4. The van der Waals surface area contributed by atoms with Gasteiger partial charge in [0.2, 0.25) is 17.7 Å². The number of methoxy groups -OCH3 is 1. The number of rotatable bonds is 13. The first-order valence-electron chi connectivity index (χ1n) is 8.77. The molecule has 4 N–H and O–H groups in total. The van der Waals surface area contributed by atoms with Crippen molar-refractivity contribution in [1.82, 2.24) is 10.6 Å². The fourth-order valence-corrected chi connectivity index (χ4v) is 2.26. The maximum Gasteiger partial charge on any atom is 0.328 e. The molecule has 0 aromatic rings. The summed E-state index contributed by atoms with van der Waals surface area (Å²) in [7, 11) is 1.22. The minimum absolute atomic E-state index is 0.0402. The van der Waals surface area contributed by atoms with Crippen molar-refractivity contribution in [2.75, 3.05) is 7.11 Å². The van der Waals surface area contributed by atoms with Crippen LogP contribution < -0.4 is 16.4 Å². The van der Waals surface area contributed by atoms with Crippen LogP contribution in [0.4, 0.5) is 0 Å². The van der Waals surface area contributed by atoms with Crippen molar-refractivity contribution in [3.05, 3.63) is 0 Å². The lowest BCUT2D eigenvalue weighted by Gasteiger charge is -2.20. The van der Waals surface area contributed by atoms with Gasteiger partial charge in [-0.15, -0.1) is 0 Å². The Bertz CT molecular complexity index is 454. The number of hydrogen-bond acceptors (Lipinski definition) is 5. The predicted molar refractivity (Wildman–Crippen MR) is 93.4 cm³/mol. The molecule has 0 aliphatic rings. The summed E-state index contributed by atoms with van der Waals surface area (Å²) in [6.07, 6.45) is 5.39. The standard InChI is InChI=1S/C17H31N3O5/c1-4-5-6-7-8-9-15(22)20-13(10-11-14(18)21)16(23)19-12(2)17(24)25-3/h12-13H,4-11H2,1-3H3,(H2,18,21)(H,19,23)(H,20,22)/t12-,13+/m0/s1. The minimum atomic E-state index is -0.914. The summed E-state index contributed by atoms with van der Waals surface area (Å²) in [5.74, 6) is -1.96. The summed E-state index contributed by atoms with van der Waals surface area (Å²) < 4.78 is 4.54. The Hall–Kier alpha value is -2.12. The van der Waals surface area contributed by atoms with Crippen molar-refractivity contribution in [3.63, 3.8) is 0 Å². The number of esters is 1. The summed E-state index contributed by atoms with van der Waals surface area (Å²) in [5.41, 5.74) is 5.11. The number of hydrogen-bond donors (Lipinski definition) is 3. The number of primary amides is 1. The molecule has 0 fully saturated rings. The number of carbonyl (C=O) groups is 4. The molecule has 0 heterocycles. The molecule has 0 unspecified atom stereocenters. The average molecular weight is 357 g/mol. The molecule has 0 rings (SSSR count). The first kappa shape index (κ1) is 22.9. The fraction of sp³-hybridized carbons (Fsp3) is 0.765. The third kappa shape index (κ3) is 11.1. The smallest absolute Gasteiger partial charge is 0.328 e. The molecule has 0 aromatic heterocycles. The van der Waals surface area contributed by atoms with E-state index < -0.39 is 29.9 Å². The Labute approximate surface area is 149 Å². The first-order valence-corrected chi connectivity index (χ1v) is 8.77. The van der Waals surface area contributed by atoms with E-state index in [-0.39, 0.29) is 18.7 Å². The molecule has 0 radical (unpaired) electrons. The molecule has 0 saturated heterocycles. The van der Waals surface area contributed by atoms with Gasteiger partial charge < -0.3 is 21.1 Å². The zero-order chi connectivity index (χ0) is 19.2. The van der Waals surface area contributed by atoms with Gasteiger partial charge in [0, 0.05) is 12.8 Å². The topological polar surface area (TPSA) is 128 Å². The Morgan fingerprint density at radius 3 is 2.20 bits per heavy atom. The summed E-state index contributed by atoms with van der Waals surface area (Å²) in [4.78, 5) is 46.6. The number of unbranched alkanes of at least 4 members (excludes halogenated alkanes) is 4. The molecule has 25 heavy (non-hydrogen) atoms. The van der Waals surface area contributed by atoms with Crippen LogP contribution in [0.3, 0.4) is 0 Å². The van der Waals surface area contributed by atoms with E-state index in [1.54, 1.807) is 0 Å². The lowest BCUT2D eigenvalue weighted by molar-refractivity contribution is -0.144. The van der Waals surface area contributed by atoms with Gasteiger partial charge in [0.25, 0.3) is 0 Å². The highest BCUT2D eigenvalue weighted by Gasteiger charge is 2.24. The molecular formula is C17H31N3O5. The van der Waals surface area contributed by atoms with Crippen molar-refractivity contribution in [2.24, 2.45) is 5.73 Å². The molecule has 0 bridgehead atoms. The second kappa shape index (κ2) is 13.2. The highest BCUT2D eigenvalue weighted by Crippen LogP contribution is 2.06. The molecule has 0 saturated carbocycles. The van der Waals surface area contributed by atoms with Gasteiger partial charge >= 0.3 is 5.97 Å². The van der Waals surface area contributed by atoms with Crippen LogP contribution in [0.1, 0.15) is 65.2 Å². The van der Waals surface area contributed by atoms with E-state index in [0.29, 0.717) is 6.42 Å².